The molecule has 3 heteroatoms. The first kappa shape index (κ1) is 4.29. The van der Waals surface area contributed by atoms with Crippen LogP contribution in [0.2, 0.25) is 0 Å². The first-order valence-corrected chi connectivity index (χ1v) is 1.99. The zero-order valence-electron chi connectivity index (χ0n) is 1.93. The minimum atomic E-state index is -0.283. The molecule has 0 bridgehead atoms. The monoisotopic (exact) mass is 165 g/mol. The van der Waals surface area contributed by atoms with Crippen molar-refractivity contribution in [2.45, 2.75) is 0 Å². The second-order valence-electron chi connectivity index (χ2n) is 0.338. The molecule has 0 fully saturated rings. The fraction of sp³-hybridized carbons (Fsp3) is 0. The van der Waals surface area contributed by atoms with E-state index in [9.17, 15) is 4.79 Å². The van der Waals surface area contributed by atoms with Crippen LogP contribution in [-0.2, 0) is 0 Å². The molecule has 0 atom stereocenters. The van der Waals surface area contributed by atoms with Gasteiger partial charge in [-0.15, -0.1) is 0 Å². The maximum absolute atomic E-state index is 9.24. The zero-order chi connectivity index (χ0) is 3.58. The second-order valence-corrected chi connectivity index (χ2v) is 1.60. The van der Waals surface area contributed by atoms with E-state index in [4.69, 9.17) is 0 Å². The number of primary amides is 1. The molecule has 0 aliphatic rings. The molecule has 0 aromatic rings. The molecule has 4 heavy (non-hydrogen) atoms. The molecule has 2 N–H and O–H groups in total. The fourth-order valence-corrected chi connectivity index (χ4v) is 0. The summed E-state index contributed by atoms with van der Waals surface area (Å²) in [6.45, 7) is 0. The minimum absolute atomic E-state index is 0.283. The summed E-state index contributed by atoms with van der Waals surface area (Å²) in [7, 11) is 0. The third-order valence-corrected chi connectivity index (χ3v) is 0. The van der Waals surface area contributed by atoms with Crippen LogP contribution in [0, 0.1) is 0 Å². The van der Waals surface area contributed by atoms with Gasteiger partial charge in [-0.2, -0.15) is 0 Å². The van der Waals surface area contributed by atoms with Crippen molar-refractivity contribution in [3.05, 3.63) is 0 Å². The number of hydrogen-bond donors (Lipinski definition) is 1. The van der Waals surface area contributed by atoms with E-state index in [1.165, 1.54) is 0 Å². The van der Waals surface area contributed by atoms with Gasteiger partial charge in [-0.3, -0.25) is 0 Å². The Balaban J connectivity index is 2.80. The number of nitrogens with two attached hydrogens (primary N) is 1. The first-order valence-electron chi connectivity index (χ1n) is 0.716. The average Bonchev–Trinajstić information content (AvgIpc) is 0.811. The van der Waals surface area contributed by atoms with Gasteiger partial charge in [0.1, 0.15) is 0 Å². The van der Waals surface area contributed by atoms with Gasteiger partial charge in [0.15, 0.2) is 0 Å². The summed E-state index contributed by atoms with van der Waals surface area (Å²) < 4.78 is -0.283. The van der Waals surface area contributed by atoms with Crippen LogP contribution in [-0.4, -0.2) is 26.9 Å². The molecule has 0 aromatic carbocycles. The molecule has 0 saturated heterocycles. The Morgan fingerprint density at radius 1 is 2.00 bits per heavy atom. The van der Waals surface area contributed by atoms with Gasteiger partial charge >= 0.3 is 37.4 Å². The van der Waals surface area contributed by atoms with Crippen molar-refractivity contribution in [1.82, 2.24) is 0 Å². The Morgan fingerprint density at radius 3 is 2.00 bits per heavy atom. The number of hydrogen-bond acceptors (Lipinski definition) is 1. The van der Waals surface area contributed by atoms with Crippen LogP contribution in [0.3, 0.4) is 0 Å². The molecule has 2 radical (unpaired) electrons. The van der Waals surface area contributed by atoms with Crippen molar-refractivity contribution in [1.29, 1.82) is 0 Å². The Bertz CT molecular complexity index is 31.0. The molecule has 0 aliphatic heterocycles. The molecule has 0 spiro atoms. The molecule has 0 saturated carbocycles. The molecule has 0 rings (SSSR count). The standard InChI is InChI=1S/CH2NO.Sb/c2-1-3;/h(H2,2,3);. The summed E-state index contributed by atoms with van der Waals surface area (Å²) in [6.07, 6.45) is 0. The van der Waals surface area contributed by atoms with Crippen molar-refractivity contribution in [2.75, 3.05) is 0 Å². The average molecular weight is 166 g/mol. The molecule has 0 aliphatic carbocycles. The molecule has 0 unspecified atom stereocenters. The van der Waals surface area contributed by atoms with Gasteiger partial charge in [0, 0.05) is 0 Å². The summed E-state index contributed by atoms with van der Waals surface area (Å²) in [5.41, 5.74) is 4.49. The van der Waals surface area contributed by atoms with E-state index in [1.54, 1.807) is 0 Å². The molecule has 1 amide bonds. The Morgan fingerprint density at radius 2 is 2.00 bits per heavy atom. The van der Waals surface area contributed by atoms with Crippen molar-refractivity contribution in [2.24, 2.45) is 5.73 Å². The van der Waals surface area contributed by atoms with Crippen LogP contribution in [0.25, 0.3) is 0 Å². The fourth-order valence-electron chi connectivity index (χ4n) is 0. The molecule has 0 aromatic heterocycles. The van der Waals surface area contributed by atoms with Crippen LogP contribution in [0.15, 0.2) is 0 Å². The third kappa shape index (κ3) is 45.7. The molecule has 0 heterocycles. The zero-order valence-corrected chi connectivity index (χ0v) is 4.49. The summed E-state index contributed by atoms with van der Waals surface area (Å²) in [6, 6.07) is 0. The van der Waals surface area contributed by atoms with E-state index >= 15 is 0 Å². The van der Waals surface area contributed by atoms with E-state index < -0.39 is 0 Å². The Kier molecular flexibility index (Phi) is 1.71. The number of amides is 1. The third-order valence-electron chi connectivity index (χ3n) is 0. The van der Waals surface area contributed by atoms with Gasteiger partial charge in [0.05, 0.1) is 0 Å². The molecule has 22 valence electrons. The normalized spacial score (nSPS) is 6.25. The van der Waals surface area contributed by atoms with Crippen molar-refractivity contribution < 1.29 is 4.79 Å². The molecular formula is CH2NOSb. The molecule has 2 nitrogen and oxygen atoms in total. The van der Waals surface area contributed by atoms with Gasteiger partial charge in [-0.05, 0) is 0 Å². The quantitative estimate of drug-likeness (QED) is 0.471. The SMILES string of the molecule is N[C](=O)[Sb]. The summed E-state index contributed by atoms with van der Waals surface area (Å²) in [5.74, 6) is 0. The van der Waals surface area contributed by atoms with Crippen molar-refractivity contribution in [3.8, 4) is 0 Å². The van der Waals surface area contributed by atoms with Crippen LogP contribution in [0.1, 0.15) is 0 Å². The van der Waals surface area contributed by atoms with Crippen molar-refractivity contribution >= 4 is 26.9 Å². The van der Waals surface area contributed by atoms with Crippen molar-refractivity contribution in [3.63, 3.8) is 0 Å². The van der Waals surface area contributed by atoms with Crippen LogP contribution in [0.4, 0.5) is 4.79 Å². The molecular weight excluding hydrogens is 164 g/mol. The van der Waals surface area contributed by atoms with E-state index in [2.05, 4.69) is 5.73 Å². The van der Waals surface area contributed by atoms with E-state index in [1.807, 2.05) is 0 Å². The topological polar surface area (TPSA) is 43.1 Å². The van der Waals surface area contributed by atoms with Crippen LogP contribution < -0.4 is 5.73 Å². The predicted octanol–water partition coefficient (Wildman–Crippen LogP) is -0.766. The predicted molar refractivity (Wildman–Crippen MR) is 15.3 cm³/mol. The Labute approximate surface area is 37.8 Å². The summed E-state index contributed by atoms with van der Waals surface area (Å²) in [4.78, 5) is 9.24. The Hall–Kier alpha value is 0.288. The van der Waals surface area contributed by atoms with Crippen LogP contribution >= 0.6 is 0 Å². The number of carbonyl (C=O) groups excluding carboxylic acids is 1. The summed E-state index contributed by atoms with van der Waals surface area (Å²) >= 11 is 1.01. The van der Waals surface area contributed by atoms with Gasteiger partial charge in [0.25, 0.3) is 0 Å². The first-order chi connectivity index (χ1) is 1.73. The van der Waals surface area contributed by atoms with Gasteiger partial charge in [-0.25, -0.2) is 0 Å². The van der Waals surface area contributed by atoms with Gasteiger partial charge in [0.2, 0.25) is 0 Å². The van der Waals surface area contributed by atoms with E-state index in [0.29, 0.717) is 0 Å². The summed E-state index contributed by atoms with van der Waals surface area (Å²) in [5, 5.41) is 0. The van der Waals surface area contributed by atoms with Gasteiger partial charge < -0.3 is 0 Å². The number of rotatable bonds is 0. The number of carbonyl (C=O) groups is 1. The van der Waals surface area contributed by atoms with E-state index in [-0.39, 0.29) is 3.85 Å². The van der Waals surface area contributed by atoms with E-state index in [0.717, 1.165) is 23.0 Å². The second kappa shape index (κ2) is 1.59. The maximum atomic E-state index is 9.24. The van der Waals surface area contributed by atoms with Gasteiger partial charge in [-0.1, -0.05) is 0 Å². The van der Waals surface area contributed by atoms with Crippen LogP contribution in [0.5, 0.6) is 0 Å².